The van der Waals surface area contributed by atoms with Crippen LogP contribution in [0.3, 0.4) is 0 Å². The number of amides is 4. The summed E-state index contributed by atoms with van der Waals surface area (Å²) >= 11 is 0. The third-order valence-corrected chi connectivity index (χ3v) is 2.68. The first-order chi connectivity index (χ1) is 9.67. The first-order valence-corrected chi connectivity index (χ1v) is 6.15. The van der Waals surface area contributed by atoms with Crippen LogP contribution >= 0.6 is 0 Å². The lowest BCUT2D eigenvalue weighted by Gasteiger charge is -2.23. The van der Waals surface area contributed by atoms with Crippen molar-refractivity contribution in [3.05, 3.63) is 0 Å². The number of carbonyl (C=O) groups excluding carboxylic acids is 4. The summed E-state index contributed by atoms with van der Waals surface area (Å²) in [6.07, 6.45) is 2.37. The molecule has 0 aromatic heterocycles. The molecular weight excluding hydrogens is 266 g/mol. The van der Waals surface area contributed by atoms with E-state index in [-0.39, 0.29) is 0 Å². The number of hydrogen-bond donors (Lipinski definition) is 4. The maximum absolute atomic E-state index is 10.3. The molecule has 0 aromatic rings. The maximum Gasteiger partial charge on any atom is 0.208 e. The van der Waals surface area contributed by atoms with Gasteiger partial charge in [0.1, 0.15) is 12.3 Å². The van der Waals surface area contributed by atoms with E-state index in [4.69, 9.17) is 0 Å². The summed E-state index contributed by atoms with van der Waals surface area (Å²) in [5.74, 6) is 0. The molecule has 0 aliphatic heterocycles. The minimum Gasteiger partial charge on any atom is -0.339 e. The summed E-state index contributed by atoms with van der Waals surface area (Å²) in [5, 5.41) is 9.91. The summed E-state index contributed by atoms with van der Waals surface area (Å²) in [7, 11) is 1.86. The quantitative estimate of drug-likeness (QED) is 0.205. The van der Waals surface area contributed by atoms with Crippen molar-refractivity contribution in [2.24, 2.45) is 0 Å². The van der Waals surface area contributed by atoms with Gasteiger partial charge in [-0.25, -0.2) is 0 Å². The second-order valence-electron chi connectivity index (χ2n) is 4.12. The Morgan fingerprint density at radius 2 is 1.05 bits per heavy atom. The number of carbonyl (C=O) groups is 4. The van der Waals surface area contributed by atoms with E-state index in [9.17, 15) is 19.2 Å². The first-order valence-electron chi connectivity index (χ1n) is 6.15. The van der Waals surface area contributed by atoms with Crippen molar-refractivity contribution in [3.63, 3.8) is 0 Å². The molecule has 0 unspecified atom stereocenters. The summed E-state index contributed by atoms with van der Waals surface area (Å²) < 4.78 is 0. The van der Waals surface area contributed by atoms with E-state index in [0.717, 1.165) is 0 Å². The molecule has 0 heterocycles. The van der Waals surface area contributed by atoms with E-state index in [0.29, 0.717) is 51.6 Å². The van der Waals surface area contributed by atoms with Crippen molar-refractivity contribution in [3.8, 4) is 0 Å². The van der Waals surface area contributed by atoms with Gasteiger partial charge < -0.3 is 26.2 Å². The van der Waals surface area contributed by atoms with Crippen molar-refractivity contribution in [1.82, 2.24) is 26.2 Å². The van der Waals surface area contributed by atoms with Crippen LogP contribution in [0.4, 0.5) is 0 Å². The smallest absolute Gasteiger partial charge is 0.208 e. The Morgan fingerprint density at radius 3 is 1.30 bits per heavy atom. The van der Waals surface area contributed by atoms with Gasteiger partial charge in [-0.2, -0.15) is 0 Å². The van der Waals surface area contributed by atoms with Gasteiger partial charge in [-0.3, -0.25) is 19.2 Å². The third-order valence-electron chi connectivity index (χ3n) is 2.68. The topological polar surface area (TPSA) is 120 Å². The Hall–Kier alpha value is -2.16. The molecule has 0 atom stereocenters. The van der Waals surface area contributed by atoms with Gasteiger partial charge in [0, 0.05) is 13.1 Å². The molecule has 9 heteroatoms. The van der Waals surface area contributed by atoms with E-state index < -0.39 is 12.3 Å². The molecule has 0 saturated carbocycles. The van der Waals surface area contributed by atoms with Gasteiger partial charge in [0.25, 0.3) is 0 Å². The molecule has 0 aliphatic carbocycles. The molecule has 0 bridgehead atoms. The van der Waals surface area contributed by atoms with Crippen LogP contribution in [0, 0.1) is 0 Å². The highest BCUT2D eigenvalue weighted by atomic mass is 16.1. The molecule has 9 nitrogen and oxygen atoms in total. The maximum atomic E-state index is 10.3. The second kappa shape index (κ2) is 11.9. The van der Waals surface area contributed by atoms with Crippen LogP contribution in [0.1, 0.15) is 12.8 Å². The molecule has 4 amide bonds. The van der Waals surface area contributed by atoms with Crippen LogP contribution in [0.15, 0.2) is 0 Å². The van der Waals surface area contributed by atoms with E-state index in [1.807, 2.05) is 11.9 Å². The largest absolute Gasteiger partial charge is 0.339 e. The fourth-order valence-corrected chi connectivity index (χ4v) is 1.57. The lowest BCUT2D eigenvalue weighted by molar-refractivity contribution is -0.113. The summed E-state index contributed by atoms with van der Waals surface area (Å²) in [6.45, 7) is 1.25. The zero-order valence-corrected chi connectivity index (χ0v) is 11.4. The highest BCUT2D eigenvalue weighted by Gasteiger charge is 2.10. The van der Waals surface area contributed by atoms with Crippen molar-refractivity contribution in [2.45, 2.75) is 25.2 Å². The predicted molar refractivity (Wildman–Crippen MR) is 71.1 cm³/mol. The fraction of sp³-hybridized carbons (Fsp3) is 0.636. The van der Waals surface area contributed by atoms with Gasteiger partial charge in [0.05, 0.1) is 0 Å². The molecule has 0 aliphatic rings. The van der Waals surface area contributed by atoms with Crippen LogP contribution in [0.2, 0.25) is 0 Å². The third kappa shape index (κ3) is 8.86. The Morgan fingerprint density at radius 1 is 0.750 bits per heavy atom. The highest BCUT2D eigenvalue weighted by Crippen LogP contribution is 1.95. The van der Waals surface area contributed by atoms with Crippen LogP contribution in [0.25, 0.3) is 0 Å². The lowest BCUT2D eigenvalue weighted by atomic mass is 10.2. The number of nitrogens with zero attached hydrogens (tertiary/aromatic N) is 1. The van der Waals surface area contributed by atoms with Crippen LogP contribution < -0.4 is 21.3 Å². The molecule has 114 valence electrons. The SMILES string of the molecule is CN(CCC(NC=O)NC=O)CCC(NC=O)NC=O. The standard InChI is InChI=1S/C11H21N5O4/c1-16(4-2-10(12-6-17)13-7-18)5-3-11(14-8-19)15-9-20/h6-11H,2-5H2,1H3,(H,12,17)(H,13,18)(H,14,19)(H,15,20). The predicted octanol–water partition coefficient (Wildman–Crippen LogP) is -2.67. The minimum absolute atomic E-state index is 0.413. The monoisotopic (exact) mass is 287 g/mol. The number of rotatable bonds is 14. The van der Waals surface area contributed by atoms with Crippen LogP contribution in [-0.4, -0.2) is 63.0 Å². The molecule has 0 rings (SSSR count). The van der Waals surface area contributed by atoms with Gasteiger partial charge in [-0.1, -0.05) is 0 Å². The Labute approximate surface area is 117 Å². The van der Waals surface area contributed by atoms with E-state index in [1.54, 1.807) is 0 Å². The van der Waals surface area contributed by atoms with Crippen LogP contribution in [0.5, 0.6) is 0 Å². The fourth-order valence-electron chi connectivity index (χ4n) is 1.57. The zero-order chi connectivity index (χ0) is 15.2. The van der Waals surface area contributed by atoms with Gasteiger partial charge in [0.15, 0.2) is 0 Å². The molecule has 0 saturated heterocycles. The van der Waals surface area contributed by atoms with Crippen molar-refractivity contribution in [1.29, 1.82) is 0 Å². The Balaban J connectivity index is 3.97. The second-order valence-corrected chi connectivity index (χ2v) is 4.12. The normalized spacial score (nSPS) is 10.2. The zero-order valence-electron chi connectivity index (χ0n) is 11.4. The average molecular weight is 287 g/mol. The van der Waals surface area contributed by atoms with Gasteiger partial charge in [-0.15, -0.1) is 0 Å². The van der Waals surface area contributed by atoms with E-state index >= 15 is 0 Å². The summed E-state index contributed by atoms with van der Waals surface area (Å²) in [4.78, 5) is 43.3. The van der Waals surface area contributed by atoms with Crippen molar-refractivity contribution >= 4 is 25.6 Å². The lowest BCUT2D eigenvalue weighted by Crippen LogP contribution is -2.45. The van der Waals surface area contributed by atoms with Gasteiger partial charge in [0.2, 0.25) is 25.6 Å². The van der Waals surface area contributed by atoms with Gasteiger partial charge in [-0.05, 0) is 19.9 Å². The summed E-state index contributed by atoms with van der Waals surface area (Å²) in [5.41, 5.74) is 0. The first kappa shape index (κ1) is 17.8. The number of hydrogen-bond acceptors (Lipinski definition) is 5. The Bertz CT molecular complexity index is 255. The number of nitrogens with one attached hydrogen (secondary N) is 4. The van der Waals surface area contributed by atoms with Crippen LogP contribution in [-0.2, 0) is 19.2 Å². The minimum atomic E-state index is -0.413. The molecular formula is C11H21N5O4. The van der Waals surface area contributed by atoms with E-state index in [1.165, 1.54) is 0 Å². The highest BCUT2D eigenvalue weighted by molar-refractivity contribution is 5.51. The molecule has 0 spiro atoms. The average Bonchev–Trinajstić information content (AvgIpc) is 2.43. The molecule has 4 N–H and O–H groups in total. The Kier molecular flexibility index (Phi) is 10.6. The van der Waals surface area contributed by atoms with E-state index in [2.05, 4.69) is 21.3 Å². The summed E-state index contributed by atoms with van der Waals surface area (Å²) in [6, 6.07) is 0. The van der Waals surface area contributed by atoms with Crippen molar-refractivity contribution in [2.75, 3.05) is 20.1 Å². The molecule has 0 radical (unpaired) electrons. The molecule has 0 aromatic carbocycles. The molecule has 0 fully saturated rings. The van der Waals surface area contributed by atoms with Crippen molar-refractivity contribution < 1.29 is 19.2 Å². The molecule has 20 heavy (non-hydrogen) atoms. The van der Waals surface area contributed by atoms with Gasteiger partial charge >= 0.3 is 0 Å².